The standard InChI is InChI=1S/C25H20FN3O6S/c1-9-14(26)4-15-20-19(17(8-36-23(9)20)28-5-10(30)2-18(28)31)12-6-29-16(21(12)27-15)3-11-13(24(29)33)7-35-25(34)22(11)32/h3-4,10,17,22,30,32H,2,5-8H2,1H3. The van der Waals surface area contributed by atoms with Crippen LogP contribution in [0.2, 0.25) is 0 Å². The zero-order valence-electron chi connectivity index (χ0n) is 19.1. The van der Waals surface area contributed by atoms with Gasteiger partial charge in [-0.1, -0.05) is 0 Å². The molecule has 6 heterocycles. The minimum atomic E-state index is -1.57. The summed E-state index contributed by atoms with van der Waals surface area (Å²) >= 11 is 1.46. The normalized spacial score (nSPS) is 24.1. The van der Waals surface area contributed by atoms with Gasteiger partial charge in [0.2, 0.25) is 5.91 Å². The molecule has 36 heavy (non-hydrogen) atoms. The van der Waals surface area contributed by atoms with E-state index in [1.807, 2.05) is 0 Å². The number of hydrogen-bond donors (Lipinski definition) is 2. The van der Waals surface area contributed by atoms with E-state index >= 15 is 0 Å². The van der Waals surface area contributed by atoms with E-state index in [2.05, 4.69) is 0 Å². The Hall–Kier alpha value is -3.28. The summed E-state index contributed by atoms with van der Waals surface area (Å²) in [6.45, 7) is 1.87. The number of fused-ring (bicyclic) bond motifs is 5. The predicted octanol–water partition coefficient (Wildman–Crippen LogP) is 1.70. The number of pyridine rings is 2. The smallest absolute Gasteiger partial charge is 0.340 e. The average Bonchev–Trinajstić information content (AvgIpc) is 3.39. The van der Waals surface area contributed by atoms with E-state index in [4.69, 9.17) is 9.72 Å². The summed E-state index contributed by atoms with van der Waals surface area (Å²) in [6, 6.07) is 2.57. The second-order valence-corrected chi connectivity index (χ2v) is 10.7. The fourth-order valence-corrected chi connectivity index (χ4v) is 7.25. The van der Waals surface area contributed by atoms with Crippen molar-refractivity contribution in [1.29, 1.82) is 0 Å². The molecule has 2 N–H and O–H groups in total. The fourth-order valence-electron chi connectivity index (χ4n) is 5.91. The average molecular weight is 510 g/mol. The quantitative estimate of drug-likeness (QED) is 0.372. The van der Waals surface area contributed by atoms with Crippen LogP contribution in [0.15, 0.2) is 21.8 Å². The molecule has 4 aliphatic rings. The number of cyclic esters (lactones) is 1. The number of benzene rings is 1. The zero-order chi connectivity index (χ0) is 25.0. The third-order valence-electron chi connectivity index (χ3n) is 7.66. The molecule has 1 aromatic carbocycles. The summed E-state index contributed by atoms with van der Waals surface area (Å²) in [4.78, 5) is 45.4. The molecule has 2 aromatic heterocycles. The molecule has 1 fully saturated rings. The van der Waals surface area contributed by atoms with E-state index in [1.165, 1.54) is 22.4 Å². The molecule has 0 bridgehead atoms. The molecular weight excluding hydrogens is 489 g/mol. The van der Waals surface area contributed by atoms with Crippen molar-refractivity contribution in [3.05, 3.63) is 56.1 Å². The van der Waals surface area contributed by atoms with Crippen molar-refractivity contribution in [3.63, 3.8) is 0 Å². The first-order valence-corrected chi connectivity index (χ1v) is 12.6. The lowest BCUT2D eigenvalue weighted by Crippen LogP contribution is -2.34. The number of rotatable bonds is 1. The second kappa shape index (κ2) is 7.37. The monoisotopic (exact) mass is 509 g/mol. The Morgan fingerprint density at radius 1 is 1.19 bits per heavy atom. The molecule has 3 unspecified atom stereocenters. The number of carbonyl (C=O) groups is 2. The highest BCUT2D eigenvalue weighted by Crippen LogP contribution is 2.50. The molecule has 0 radical (unpaired) electrons. The first-order valence-electron chi connectivity index (χ1n) is 11.6. The maximum atomic E-state index is 14.9. The van der Waals surface area contributed by atoms with Gasteiger partial charge in [-0.05, 0) is 24.1 Å². The van der Waals surface area contributed by atoms with Crippen LogP contribution in [-0.2, 0) is 27.5 Å². The van der Waals surface area contributed by atoms with Gasteiger partial charge in [0.1, 0.15) is 12.4 Å². The fraction of sp³-hybridized carbons (Fsp3) is 0.360. The molecule has 3 aromatic rings. The number of halogens is 1. The van der Waals surface area contributed by atoms with Crippen LogP contribution in [0.4, 0.5) is 4.39 Å². The highest BCUT2D eigenvalue weighted by molar-refractivity contribution is 7.99. The van der Waals surface area contributed by atoms with Crippen molar-refractivity contribution in [1.82, 2.24) is 14.5 Å². The summed E-state index contributed by atoms with van der Waals surface area (Å²) in [7, 11) is 0. The number of aromatic nitrogens is 2. The number of ether oxygens (including phenoxy) is 1. The molecular formula is C25H20FN3O6S. The summed E-state index contributed by atoms with van der Waals surface area (Å²) in [5.41, 5.74) is 3.36. The van der Waals surface area contributed by atoms with Crippen molar-refractivity contribution < 1.29 is 28.9 Å². The molecule has 11 heteroatoms. The third kappa shape index (κ3) is 2.78. The number of hydrogen-bond acceptors (Lipinski definition) is 8. The Bertz CT molecular complexity index is 1620. The van der Waals surface area contributed by atoms with Crippen LogP contribution < -0.4 is 5.56 Å². The summed E-state index contributed by atoms with van der Waals surface area (Å²) in [5.74, 6) is -0.897. The summed E-state index contributed by atoms with van der Waals surface area (Å²) < 4.78 is 21.4. The van der Waals surface area contributed by atoms with Crippen molar-refractivity contribution >= 4 is 34.5 Å². The Labute approximate surface area is 207 Å². The summed E-state index contributed by atoms with van der Waals surface area (Å²) in [5, 5.41) is 21.3. The zero-order valence-corrected chi connectivity index (χ0v) is 19.9. The van der Waals surface area contributed by atoms with Gasteiger partial charge in [0.15, 0.2) is 6.10 Å². The topological polar surface area (TPSA) is 122 Å². The Morgan fingerprint density at radius 2 is 2.00 bits per heavy atom. The third-order valence-corrected chi connectivity index (χ3v) is 8.94. The molecule has 184 valence electrons. The van der Waals surface area contributed by atoms with Crippen LogP contribution in [-0.4, -0.2) is 54.9 Å². The summed E-state index contributed by atoms with van der Waals surface area (Å²) in [6.07, 6.45) is -2.28. The minimum absolute atomic E-state index is 0.0468. The molecule has 1 amide bonds. The number of amides is 1. The van der Waals surface area contributed by atoms with E-state index in [0.29, 0.717) is 28.2 Å². The SMILES string of the molecule is Cc1c(F)cc2nc3c(c4c2c1SCC4N1CC(O)CC1=O)Cn1c-3cc2c(c1=O)COC(=O)C2O. The van der Waals surface area contributed by atoms with Gasteiger partial charge in [-0.15, -0.1) is 11.8 Å². The lowest BCUT2D eigenvalue weighted by molar-refractivity contribution is -0.157. The van der Waals surface area contributed by atoms with Crippen molar-refractivity contribution in [2.75, 3.05) is 12.3 Å². The highest BCUT2D eigenvalue weighted by atomic mass is 32.2. The van der Waals surface area contributed by atoms with Crippen LogP contribution in [0.5, 0.6) is 0 Å². The maximum absolute atomic E-state index is 14.9. The van der Waals surface area contributed by atoms with E-state index < -0.39 is 24.0 Å². The molecule has 9 nitrogen and oxygen atoms in total. The maximum Gasteiger partial charge on any atom is 0.340 e. The van der Waals surface area contributed by atoms with Gasteiger partial charge in [0, 0.05) is 39.8 Å². The van der Waals surface area contributed by atoms with Crippen molar-refractivity contribution in [2.24, 2.45) is 0 Å². The lowest BCUT2D eigenvalue weighted by Gasteiger charge is -2.34. The van der Waals surface area contributed by atoms with Crippen LogP contribution >= 0.6 is 11.8 Å². The number of esters is 1. The van der Waals surface area contributed by atoms with Gasteiger partial charge in [-0.2, -0.15) is 0 Å². The van der Waals surface area contributed by atoms with Crippen molar-refractivity contribution in [3.8, 4) is 11.4 Å². The van der Waals surface area contributed by atoms with Gasteiger partial charge < -0.3 is 24.4 Å². The number of thioether (sulfide) groups is 1. The van der Waals surface area contributed by atoms with E-state index in [-0.39, 0.29) is 54.8 Å². The lowest BCUT2D eigenvalue weighted by atomic mass is 9.92. The Morgan fingerprint density at radius 3 is 2.75 bits per heavy atom. The minimum Gasteiger partial charge on any atom is -0.458 e. The molecule has 0 spiro atoms. The van der Waals surface area contributed by atoms with E-state index in [1.54, 1.807) is 17.9 Å². The van der Waals surface area contributed by atoms with Gasteiger partial charge in [0.25, 0.3) is 5.56 Å². The van der Waals surface area contributed by atoms with Crippen LogP contribution in [0.3, 0.4) is 0 Å². The number of carbonyl (C=O) groups excluding carboxylic acids is 2. The first-order chi connectivity index (χ1) is 17.2. The number of aliphatic hydroxyl groups excluding tert-OH is 2. The molecule has 1 saturated heterocycles. The number of aliphatic hydroxyl groups is 2. The van der Waals surface area contributed by atoms with Gasteiger partial charge in [-0.3, -0.25) is 9.59 Å². The van der Waals surface area contributed by atoms with Crippen LogP contribution in [0.1, 0.15) is 46.4 Å². The number of β-amino-alcohol motifs (C(OH)–C–C–N with tert-alkyl or cyclic N) is 1. The first kappa shape index (κ1) is 22.0. The van der Waals surface area contributed by atoms with Crippen LogP contribution in [0.25, 0.3) is 22.3 Å². The van der Waals surface area contributed by atoms with Gasteiger partial charge in [0.05, 0.1) is 47.6 Å². The van der Waals surface area contributed by atoms with Gasteiger partial charge in [-0.25, -0.2) is 14.2 Å². The Kier molecular flexibility index (Phi) is 4.50. The number of likely N-dealkylation sites (tertiary alicyclic amines) is 1. The van der Waals surface area contributed by atoms with E-state index in [0.717, 1.165) is 21.4 Å². The van der Waals surface area contributed by atoms with Crippen LogP contribution in [0, 0.1) is 12.7 Å². The van der Waals surface area contributed by atoms with Crippen molar-refractivity contribution in [2.45, 2.75) is 49.6 Å². The highest BCUT2D eigenvalue weighted by Gasteiger charge is 2.42. The molecule has 3 atom stereocenters. The molecule has 0 saturated carbocycles. The molecule has 7 rings (SSSR count). The predicted molar refractivity (Wildman–Crippen MR) is 126 cm³/mol. The van der Waals surface area contributed by atoms with E-state index in [9.17, 15) is 29.0 Å². The second-order valence-electron chi connectivity index (χ2n) is 9.66. The molecule has 0 aliphatic carbocycles. The van der Waals surface area contributed by atoms with Gasteiger partial charge >= 0.3 is 5.97 Å². The largest absolute Gasteiger partial charge is 0.458 e. The molecule has 4 aliphatic heterocycles. The number of nitrogens with zero attached hydrogens (tertiary/aromatic N) is 3. The Balaban J connectivity index is 1.53.